The van der Waals surface area contributed by atoms with E-state index in [1.807, 2.05) is 23.6 Å². The van der Waals surface area contributed by atoms with E-state index in [0.717, 1.165) is 0 Å². The number of sulfone groups is 1. The van der Waals surface area contributed by atoms with Crippen LogP contribution < -0.4 is 5.56 Å². The fourth-order valence-electron chi connectivity index (χ4n) is 3.37. The molecule has 0 aliphatic carbocycles. The van der Waals surface area contributed by atoms with Crippen molar-refractivity contribution in [3.05, 3.63) is 68.9 Å². The van der Waals surface area contributed by atoms with Gasteiger partial charge in [0.15, 0.2) is 9.84 Å². The number of aromatic nitrogens is 2. The summed E-state index contributed by atoms with van der Waals surface area (Å²) < 4.78 is 25.4. The lowest BCUT2D eigenvalue weighted by atomic mass is 10.2. The molecule has 0 radical (unpaired) electrons. The first-order valence-corrected chi connectivity index (χ1v) is 11.1. The van der Waals surface area contributed by atoms with Crippen LogP contribution in [0.5, 0.6) is 0 Å². The van der Waals surface area contributed by atoms with Crippen LogP contribution in [0.4, 0.5) is 0 Å². The van der Waals surface area contributed by atoms with E-state index in [1.165, 1.54) is 15.3 Å². The third-order valence-electron chi connectivity index (χ3n) is 4.65. The highest BCUT2D eigenvalue weighted by Gasteiger charge is 2.32. The molecule has 3 aromatic heterocycles. The minimum Gasteiger partial charge on any atom is -0.288 e. The lowest BCUT2D eigenvalue weighted by Crippen LogP contribution is -2.35. The molecule has 0 spiro atoms. The van der Waals surface area contributed by atoms with Gasteiger partial charge in [-0.05, 0) is 30.0 Å². The highest BCUT2D eigenvalue weighted by molar-refractivity contribution is 7.91. The van der Waals surface area contributed by atoms with Gasteiger partial charge in [0.05, 0.1) is 17.2 Å². The Hall–Kier alpha value is -2.03. The smallest absolute Gasteiger partial charge is 0.258 e. The summed E-state index contributed by atoms with van der Waals surface area (Å²) in [4.78, 5) is 20.2. The van der Waals surface area contributed by atoms with Gasteiger partial charge >= 0.3 is 0 Å². The molecule has 0 aromatic carbocycles. The summed E-state index contributed by atoms with van der Waals surface area (Å²) in [7, 11) is -2.98. The highest BCUT2D eigenvalue weighted by atomic mass is 32.2. The van der Waals surface area contributed by atoms with Gasteiger partial charge in [-0.2, -0.15) is 0 Å². The Bertz CT molecular complexity index is 1070. The average Bonchev–Trinajstić information content (AvgIpc) is 3.23. The van der Waals surface area contributed by atoms with E-state index >= 15 is 0 Å². The van der Waals surface area contributed by atoms with Gasteiger partial charge in [0.25, 0.3) is 5.56 Å². The molecular formula is C18H19N3O3S2. The van der Waals surface area contributed by atoms with E-state index in [-0.39, 0.29) is 23.1 Å². The van der Waals surface area contributed by atoms with Crippen molar-refractivity contribution in [2.24, 2.45) is 0 Å². The zero-order chi connectivity index (χ0) is 18.1. The Morgan fingerprint density at radius 2 is 2.12 bits per heavy atom. The van der Waals surface area contributed by atoms with Gasteiger partial charge in [0.2, 0.25) is 0 Å². The first-order chi connectivity index (χ1) is 12.5. The van der Waals surface area contributed by atoms with Crippen molar-refractivity contribution in [2.45, 2.75) is 25.6 Å². The van der Waals surface area contributed by atoms with E-state index < -0.39 is 9.84 Å². The molecule has 1 aliphatic heterocycles. The van der Waals surface area contributed by atoms with E-state index in [4.69, 9.17) is 0 Å². The summed E-state index contributed by atoms with van der Waals surface area (Å²) in [6.45, 7) is 1.12. The van der Waals surface area contributed by atoms with Crippen LogP contribution in [0.2, 0.25) is 0 Å². The van der Waals surface area contributed by atoms with Gasteiger partial charge in [-0.1, -0.05) is 12.1 Å². The zero-order valence-electron chi connectivity index (χ0n) is 14.1. The van der Waals surface area contributed by atoms with Crippen molar-refractivity contribution in [2.75, 3.05) is 11.5 Å². The van der Waals surface area contributed by atoms with Crippen LogP contribution in [0.3, 0.4) is 0 Å². The van der Waals surface area contributed by atoms with Crippen molar-refractivity contribution in [3.63, 3.8) is 0 Å². The molecule has 1 aliphatic rings. The van der Waals surface area contributed by atoms with Gasteiger partial charge in [0, 0.05) is 36.3 Å². The Labute approximate surface area is 155 Å². The summed E-state index contributed by atoms with van der Waals surface area (Å²) in [5.74, 6) is 0.400. The van der Waals surface area contributed by atoms with Crippen molar-refractivity contribution in [1.29, 1.82) is 0 Å². The first-order valence-electron chi connectivity index (χ1n) is 8.44. The molecule has 0 saturated carbocycles. The van der Waals surface area contributed by atoms with Gasteiger partial charge in [-0.25, -0.2) is 13.4 Å². The van der Waals surface area contributed by atoms with Crippen LogP contribution in [-0.2, 0) is 22.9 Å². The summed E-state index contributed by atoms with van der Waals surface area (Å²) in [6, 6.07) is 11.0. The molecular weight excluding hydrogens is 370 g/mol. The maximum Gasteiger partial charge on any atom is 0.258 e. The molecule has 8 heteroatoms. The topological polar surface area (TPSA) is 71.8 Å². The highest BCUT2D eigenvalue weighted by Crippen LogP contribution is 2.23. The van der Waals surface area contributed by atoms with Crippen molar-refractivity contribution in [3.8, 4) is 0 Å². The maximum absolute atomic E-state index is 12.3. The third-order valence-corrected chi connectivity index (χ3v) is 7.26. The van der Waals surface area contributed by atoms with Gasteiger partial charge in [-0.3, -0.25) is 14.1 Å². The third kappa shape index (κ3) is 3.72. The molecule has 26 heavy (non-hydrogen) atoms. The standard InChI is InChI=1S/C18H19N3O3S2/c22-18-10-14(19-17-5-1-2-7-21(17)18)11-20(12-16-4-3-8-25-16)15-6-9-26(23,24)13-15/h1-5,7-8,10,15H,6,9,11-13H2. The monoisotopic (exact) mass is 389 g/mol. The molecule has 6 nitrogen and oxygen atoms in total. The Kier molecular flexibility index (Phi) is 4.64. The van der Waals surface area contributed by atoms with E-state index in [2.05, 4.69) is 9.88 Å². The quantitative estimate of drug-likeness (QED) is 0.667. The first kappa shape index (κ1) is 17.4. The molecule has 3 aromatic rings. The minimum absolute atomic E-state index is 0.0434. The van der Waals surface area contributed by atoms with Gasteiger partial charge < -0.3 is 0 Å². The van der Waals surface area contributed by atoms with Crippen LogP contribution in [-0.4, -0.2) is 40.2 Å². The van der Waals surface area contributed by atoms with Crippen LogP contribution in [0, 0.1) is 0 Å². The Balaban J connectivity index is 1.65. The van der Waals surface area contributed by atoms with E-state index in [1.54, 1.807) is 29.7 Å². The summed E-state index contributed by atoms with van der Waals surface area (Å²) in [6.07, 6.45) is 2.32. The summed E-state index contributed by atoms with van der Waals surface area (Å²) in [5.41, 5.74) is 1.15. The summed E-state index contributed by atoms with van der Waals surface area (Å²) >= 11 is 1.65. The predicted molar refractivity (Wildman–Crippen MR) is 102 cm³/mol. The molecule has 4 rings (SSSR count). The fraction of sp³-hybridized carbons (Fsp3) is 0.333. The molecule has 1 unspecified atom stereocenters. The van der Waals surface area contributed by atoms with Gasteiger partial charge in [0.1, 0.15) is 5.65 Å². The number of thiophene rings is 1. The molecule has 0 bridgehead atoms. The van der Waals surface area contributed by atoms with Crippen molar-refractivity contribution >= 4 is 26.8 Å². The molecule has 0 amide bonds. The molecule has 0 N–H and O–H groups in total. The summed E-state index contributed by atoms with van der Waals surface area (Å²) in [5, 5.41) is 2.01. The minimum atomic E-state index is -2.98. The van der Waals surface area contributed by atoms with Gasteiger partial charge in [-0.15, -0.1) is 11.3 Å². The van der Waals surface area contributed by atoms with E-state index in [9.17, 15) is 13.2 Å². The second-order valence-corrected chi connectivity index (χ2v) is 9.82. The molecule has 1 atom stereocenters. The Morgan fingerprint density at radius 1 is 1.23 bits per heavy atom. The number of rotatable bonds is 5. The number of pyridine rings is 1. The largest absolute Gasteiger partial charge is 0.288 e. The predicted octanol–water partition coefficient (Wildman–Crippen LogP) is 1.95. The van der Waals surface area contributed by atoms with Crippen LogP contribution in [0.15, 0.2) is 52.8 Å². The average molecular weight is 390 g/mol. The Morgan fingerprint density at radius 3 is 2.85 bits per heavy atom. The lowest BCUT2D eigenvalue weighted by molar-refractivity contribution is 0.194. The lowest BCUT2D eigenvalue weighted by Gasteiger charge is -2.27. The fourth-order valence-corrected chi connectivity index (χ4v) is 5.86. The SMILES string of the molecule is O=c1cc(CN(Cc2cccs2)C2CCS(=O)(=O)C2)nc2ccccn12. The van der Waals surface area contributed by atoms with Crippen LogP contribution in [0.25, 0.3) is 5.65 Å². The number of hydrogen-bond donors (Lipinski definition) is 0. The maximum atomic E-state index is 12.3. The molecule has 1 saturated heterocycles. The molecule has 1 fully saturated rings. The van der Waals surface area contributed by atoms with Crippen LogP contribution >= 0.6 is 11.3 Å². The van der Waals surface area contributed by atoms with Crippen molar-refractivity contribution < 1.29 is 8.42 Å². The molecule has 4 heterocycles. The zero-order valence-corrected chi connectivity index (χ0v) is 15.7. The number of hydrogen-bond acceptors (Lipinski definition) is 6. The number of fused-ring (bicyclic) bond motifs is 1. The molecule has 136 valence electrons. The number of nitrogens with zero attached hydrogens (tertiary/aromatic N) is 3. The normalized spacial score (nSPS) is 19.3. The van der Waals surface area contributed by atoms with E-state index in [0.29, 0.717) is 30.9 Å². The second kappa shape index (κ2) is 6.94. The van der Waals surface area contributed by atoms with Crippen LogP contribution in [0.1, 0.15) is 17.0 Å². The van der Waals surface area contributed by atoms with Crippen molar-refractivity contribution in [1.82, 2.24) is 14.3 Å². The second-order valence-electron chi connectivity index (χ2n) is 6.56.